The monoisotopic (exact) mass is 358 g/mol. The summed E-state index contributed by atoms with van der Waals surface area (Å²) in [6.07, 6.45) is 4.24. The minimum Gasteiger partial charge on any atom is -0.434 e. The summed E-state index contributed by atoms with van der Waals surface area (Å²) in [6.45, 7) is 1.75. The zero-order valence-corrected chi connectivity index (χ0v) is 14.1. The molecule has 1 aromatic carbocycles. The molecule has 3 rings (SSSR count). The number of carbonyl (C=O) groups is 2. The van der Waals surface area contributed by atoms with E-state index in [0.717, 1.165) is 11.1 Å². The van der Waals surface area contributed by atoms with Crippen molar-refractivity contribution in [3.8, 4) is 16.8 Å². The van der Waals surface area contributed by atoms with Gasteiger partial charge in [-0.25, -0.2) is 9.59 Å². The topological polar surface area (TPSA) is 73.3 Å². The van der Waals surface area contributed by atoms with Crippen molar-refractivity contribution in [3.63, 3.8) is 0 Å². The Kier molecular flexibility index (Phi) is 4.90. The molecule has 0 fully saturated rings. The number of H-pyrrole nitrogens is 1. The van der Waals surface area contributed by atoms with Gasteiger partial charge in [-0.05, 0) is 36.8 Å². The molecule has 0 amide bonds. The molecule has 7 heteroatoms. The second kappa shape index (κ2) is 7.27. The van der Waals surface area contributed by atoms with Crippen LogP contribution >= 0.6 is 11.6 Å². The summed E-state index contributed by atoms with van der Waals surface area (Å²) < 4.78 is 11.1. The van der Waals surface area contributed by atoms with Crippen molar-refractivity contribution in [2.45, 2.75) is 6.92 Å². The minimum absolute atomic E-state index is 0.122. The number of nitrogens with zero attached hydrogens (tertiary/aromatic N) is 1. The standard InChI is InChI=1S/C18H15ClN2O4/c1-2-24-18(23)25-17(22)15-16(21-9-3-4-10-21)14(11-20-15)12-5-7-13(19)8-6-12/h3-11,20H,2H2,1H3. The molecule has 0 aliphatic heterocycles. The van der Waals surface area contributed by atoms with Crippen LogP contribution < -0.4 is 0 Å². The van der Waals surface area contributed by atoms with Crippen molar-refractivity contribution in [2.75, 3.05) is 6.61 Å². The first kappa shape index (κ1) is 16.9. The molecule has 1 N–H and O–H groups in total. The Balaban J connectivity index is 2.03. The van der Waals surface area contributed by atoms with Gasteiger partial charge in [0.1, 0.15) is 0 Å². The number of halogens is 1. The SMILES string of the molecule is CCOC(=O)OC(=O)c1[nH]cc(-c2ccc(Cl)cc2)c1-n1cccc1. The molecule has 3 aromatic rings. The molecule has 0 atom stereocenters. The van der Waals surface area contributed by atoms with Crippen molar-refractivity contribution >= 4 is 23.7 Å². The second-order valence-electron chi connectivity index (χ2n) is 5.10. The Morgan fingerprint density at radius 1 is 1.16 bits per heavy atom. The van der Waals surface area contributed by atoms with Gasteiger partial charge in [-0.15, -0.1) is 0 Å². The van der Waals surface area contributed by atoms with Gasteiger partial charge in [-0.1, -0.05) is 23.7 Å². The first-order chi connectivity index (χ1) is 12.1. The maximum absolute atomic E-state index is 12.4. The van der Waals surface area contributed by atoms with Crippen molar-refractivity contribution < 1.29 is 19.1 Å². The van der Waals surface area contributed by atoms with Gasteiger partial charge in [0.2, 0.25) is 0 Å². The zero-order chi connectivity index (χ0) is 17.8. The molecule has 128 valence electrons. The van der Waals surface area contributed by atoms with Crippen LogP contribution in [-0.2, 0) is 9.47 Å². The van der Waals surface area contributed by atoms with Crippen LogP contribution in [-0.4, -0.2) is 28.3 Å². The van der Waals surface area contributed by atoms with E-state index in [0.29, 0.717) is 10.7 Å². The number of aromatic nitrogens is 2. The van der Waals surface area contributed by atoms with Gasteiger partial charge in [0.05, 0.1) is 12.3 Å². The Hall–Kier alpha value is -2.99. The lowest BCUT2D eigenvalue weighted by Crippen LogP contribution is -2.15. The van der Waals surface area contributed by atoms with Crippen LogP contribution in [0.2, 0.25) is 5.02 Å². The lowest BCUT2D eigenvalue weighted by Gasteiger charge is -2.09. The number of hydrogen-bond acceptors (Lipinski definition) is 4. The number of benzene rings is 1. The van der Waals surface area contributed by atoms with E-state index in [4.69, 9.17) is 16.3 Å². The summed E-state index contributed by atoms with van der Waals surface area (Å²) in [6, 6.07) is 10.9. The highest BCUT2D eigenvalue weighted by atomic mass is 35.5. The molecule has 25 heavy (non-hydrogen) atoms. The fraction of sp³-hybridized carbons (Fsp3) is 0.111. The van der Waals surface area contributed by atoms with E-state index in [2.05, 4.69) is 9.72 Å². The molecule has 0 bridgehead atoms. The minimum atomic E-state index is -1.03. The van der Waals surface area contributed by atoms with Crippen molar-refractivity contribution in [2.24, 2.45) is 0 Å². The smallest absolute Gasteiger partial charge is 0.434 e. The van der Waals surface area contributed by atoms with Crippen LogP contribution in [0.25, 0.3) is 16.8 Å². The van der Waals surface area contributed by atoms with Gasteiger partial charge >= 0.3 is 12.1 Å². The van der Waals surface area contributed by atoms with Gasteiger partial charge < -0.3 is 19.0 Å². The van der Waals surface area contributed by atoms with Crippen molar-refractivity contribution in [1.29, 1.82) is 0 Å². The molecule has 0 radical (unpaired) electrons. The van der Waals surface area contributed by atoms with Crippen molar-refractivity contribution in [3.05, 3.63) is 65.7 Å². The van der Waals surface area contributed by atoms with E-state index in [-0.39, 0.29) is 12.3 Å². The van der Waals surface area contributed by atoms with Crippen LogP contribution in [0.5, 0.6) is 0 Å². The quantitative estimate of drug-likeness (QED) is 0.552. The van der Waals surface area contributed by atoms with Crippen LogP contribution in [0.4, 0.5) is 4.79 Å². The molecular weight excluding hydrogens is 344 g/mol. The third-order valence-electron chi connectivity index (χ3n) is 3.51. The molecule has 0 aliphatic carbocycles. The molecule has 2 aromatic heterocycles. The molecule has 6 nitrogen and oxygen atoms in total. The van der Waals surface area contributed by atoms with E-state index in [1.807, 2.05) is 24.3 Å². The third kappa shape index (κ3) is 3.59. The number of nitrogens with one attached hydrogen (secondary N) is 1. The van der Waals surface area contributed by atoms with E-state index < -0.39 is 12.1 Å². The lowest BCUT2D eigenvalue weighted by atomic mass is 10.1. The van der Waals surface area contributed by atoms with E-state index in [1.165, 1.54) is 0 Å². The average molecular weight is 359 g/mol. The van der Waals surface area contributed by atoms with Crippen LogP contribution in [0.3, 0.4) is 0 Å². The summed E-state index contributed by atoms with van der Waals surface area (Å²) in [5.74, 6) is -0.817. The molecule has 0 spiro atoms. The number of hydrogen-bond donors (Lipinski definition) is 1. The number of aromatic amines is 1. The maximum Gasteiger partial charge on any atom is 0.516 e. The second-order valence-corrected chi connectivity index (χ2v) is 5.53. The van der Waals surface area contributed by atoms with E-state index in [9.17, 15) is 9.59 Å². The Morgan fingerprint density at radius 3 is 2.48 bits per heavy atom. The first-order valence-corrected chi connectivity index (χ1v) is 7.97. The molecular formula is C18H15ClN2O4. The summed E-state index contributed by atoms with van der Waals surface area (Å²) in [7, 11) is 0. The molecule has 0 unspecified atom stereocenters. The fourth-order valence-corrected chi connectivity index (χ4v) is 2.57. The summed E-state index contributed by atoms with van der Waals surface area (Å²) >= 11 is 5.94. The van der Waals surface area contributed by atoms with Crippen LogP contribution in [0.15, 0.2) is 55.0 Å². The average Bonchev–Trinajstić information content (AvgIpc) is 3.24. The van der Waals surface area contributed by atoms with Gasteiger partial charge in [0.15, 0.2) is 5.69 Å². The predicted molar refractivity (Wildman–Crippen MR) is 93.0 cm³/mol. The van der Waals surface area contributed by atoms with Gasteiger partial charge in [-0.3, -0.25) is 0 Å². The highest BCUT2D eigenvalue weighted by Crippen LogP contribution is 2.31. The lowest BCUT2D eigenvalue weighted by molar-refractivity contribution is 0.0397. The van der Waals surface area contributed by atoms with Gasteiger partial charge in [-0.2, -0.15) is 0 Å². The number of rotatable bonds is 4. The van der Waals surface area contributed by atoms with Crippen molar-refractivity contribution in [1.82, 2.24) is 9.55 Å². The summed E-state index contributed by atoms with van der Waals surface area (Å²) in [5, 5.41) is 0.615. The Morgan fingerprint density at radius 2 is 1.84 bits per heavy atom. The Labute approximate surface area is 148 Å². The Bertz CT molecular complexity index is 882. The predicted octanol–water partition coefficient (Wildman–Crippen LogP) is 4.44. The van der Waals surface area contributed by atoms with Crippen LogP contribution in [0.1, 0.15) is 17.4 Å². The van der Waals surface area contributed by atoms with Crippen LogP contribution in [0, 0.1) is 0 Å². The summed E-state index contributed by atoms with van der Waals surface area (Å²) in [4.78, 5) is 26.7. The highest BCUT2D eigenvalue weighted by Gasteiger charge is 2.23. The third-order valence-corrected chi connectivity index (χ3v) is 3.76. The maximum atomic E-state index is 12.4. The molecule has 0 saturated heterocycles. The van der Waals surface area contributed by atoms with E-state index in [1.54, 1.807) is 42.2 Å². The molecule has 2 heterocycles. The zero-order valence-electron chi connectivity index (χ0n) is 13.4. The molecule has 0 aliphatic rings. The number of esters is 1. The van der Waals surface area contributed by atoms with E-state index >= 15 is 0 Å². The molecule has 0 saturated carbocycles. The normalized spacial score (nSPS) is 10.5. The first-order valence-electron chi connectivity index (χ1n) is 7.59. The summed E-state index contributed by atoms with van der Waals surface area (Å²) in [5.41, 5.74) is 2.35. The van der Waals surface area contributed by atoms with Gasteiger partial charge in [0.25, 0.3) is 0 Å². The van der Waals surface area contributed by atoms with Gasteiger partial charge in [0, 0.05) is 29.2 Å². The fourth-order valence-electron chi connectivity index (χ4n) is 2.45. The number of ether oxygens (including phenoxy) is 2. The largest absolute Gasteiger partial charge is 0.516 e. The highest BCUT2D eigenvalue weighted by molar-refractivity contribution is 6.30. The number of carbonyl (C=O) groups excluding carboxylic acids is 2.